The lowest BCUT2D eigenvalue weighted by Gasteiger charge is -2.38. The van der Waals surface area contributed by atoms with Gasteiger partial charge in [0.05, 0.1) is 26.3 Å². The third-order valence-corrected chi connectivity index (χ3v) is 6.18. The first-order valence-corrected chi connectivity index (χ1v) is 10.3. The van der Waals surface area contributed by atoms with E-state index in [1.165, 1.54) is 4.90 Å². The molecule has 1 spiro atoms. The second kappa shape index (κ2) is 8.30. The van der Waals surface area contributed by atoms with Crippen LogP contribution in [0, 0.1) is 0 Å². The highest BCUT2D eigenvalue weighted by molar-refractivity contribution is 6.30. The van der Waals surface area contributed by atoms with Crippen molar-refractivity contribution in [3.8, 4) is 0 Å². The monoisotopic (exact) mass is 420 g/mol. The van der Waals surface area contributed by atoms with Crippen LogP contribution in [0.5, 0.6) is 0 Å². The Morgan fingerprint density at radius 1 is 1.07 bits per heavy atom. The van der Waals surface area contributed by atoms with E-state index in [1.807, 2.05) is 17.0 Å². The largest absolute Gasteiger partial charge is 0.378 e. The fourth-order valence-electron chi connectivity index (χ4n) is 4.13. The molecule has 0 atom stereocenters. The summed E-state index contributed by atoms with van der Waals surface area (Å²) in [6.07, 6.45) is 1.01. The topological polar surface area (TPSA) is 82.2 Å². The predicted molar refractivity (Wildman–Crippen MR) is 106 cm³/mol. The lowest BCUT2D eigenvalue weighted by atomic mass is 9.87. The lowest BCUT2D eigenvalue weighted by Crippen LogP contribution is -2.56. The highest BCUT2D eigenvalue weighted by Gasteiger charge is 2.52. The maximum Gasteiger partial charge on any atom is 0.325 e. The lowest BCUT2D eigenvalue weighted by molar-refractivity contribution is -0.137. The first kappa shape index (κ1) is 20.1. The molecule has 0 bridgehead atoms. The number of likely N-dealkylation sites (tertiary alicyclic amines) is 1. The molecule has 0 aromatic heterocycles. The van der Waals surface area contributed by atoms with E-state index in [4.69, 9.17) is 16.3 Å². The average Bonchev–Trinajstić information content (AvgIpc) is 2.96. The third kappa shape index (κ3) is 4.24. The van der Waals surface area contributed by atoms with Gasteiger partial charge in [0.15, 0.2) is 0 Å². The number of ether oxygens (including phenoxy) is 1. The Morgan fingerprint density at radius 2 is 1.72 bits per heavy atom. The predicted octanol–water partition coefficient (Wildman–Crippen LogP) is 1.09. The van der Waals surface area contributed by atoms with Gasteiger partial charge in [0.1, 0.15) is 5.54 Å². The number of imide groups is 1. The van der Waals surface area contributed by atoms with Gasteiger partial charge in [-0.3, -0.25) is 19.4 Å². The van der Waals surface area contributed by atoms with Gasteiger partial charge in [0.25, 0.3) is 5.91 Å². The van der Waals surface area contributed by atoms with Crippen LogP contribution in [-0.4, -0.2) is 84.0 Å². The molecule has 0 aliphatic carbocycles. The quantitative estimate of drug-likeness (QED) is 0.737. The van der Waals surface area contributed by atoms with Crippen molar-refractivity contribution >= 4 is 29.4 Å². The molecular formula is C20H25ClN4O4. The number of carbonyl (C=O) groups excluding carboxylic acids is 3. The van der Waals surface area contributed by atoms with Crippen molar-refractivity contribution in [2.24, 2.45) is 0 Å². The molecule has 3 aliphatic heterocycles. The van der Waals surface area contributed by atoms with Crippen LogP contribution >= 0.6 is 11.6 Å². The Kier molecular flexibility index (Phi) is 5.76. The Bertz CT molecular complexity index is 786. The maximum atomic E-state index is 13.0. The highest BCUT2D eigenvalue weighted by Crippen LogP contribution is 2.30. The minimum atomic E-state index is -0.859. The number of hydrogen-bond donors (Lipinski definition) is 1. The Morgan fingerprint density at radius 3 is 2.38 bits per heavy atom. The second-order valence-corrected chi connectivity index (χ2v) is 8.24. The summed E-state index contributed by atoms with van der Waals surface area (Å²) in [4.78, 5) is 43.1. The van der Waals surface area contributed by atoms with Crippen LogP contribution in [0.15, 0.2) is 24.3 Å². The number of nitrogens with one attached hydrogen (secondary N) is 1. The van der Waals surface area contributed by atoms with E-state index in [2.05, 4.69) is 10.2 Å². The summed E-state index contributed by atoms with van der Waals surface area (Å²) in [5.41, 5.74) is -0.00865. The Balaban J connectivity index is 1.34. The maximum absolute atomic E-state index is 13.0. The molecule has 3 fully saturated rings. The van der Waals surface area contributed by atoms with Crippen molar-refractivity contribution in [1.82, 2.24) is 20.0 Å². The first-order valence-electron chi connectivity index (χ1n) is 9.93. The average molecular weight is 421 g/mol. The zero-order valence-electron chi connectivity index (χ0n) is 16.2. The fraction of sp³-hybridized carbons (Fsp3) is 0.550. The molecule has 9 heteroatoms. The smallest absolute Gasteiger partial charge is 0.325 e. The number of urea groups is 1. The molecule has 0 saturated carbocycles. The van der Waals surface area contributed by atoms with E-state index in [0.29, 0.717) is 63.8 Å². The van der Waals surface area contributed by atoms with Gasteiger partial charge in [-0.25, -0.2) is 4.79 Å². The zero-order valence-corrected chi connectivity index (χ0v) is 17.0. The number of benzene rings is 1. The molecule has 0 unspecified atom stereocenters. The molecule has 8 nitrogen and oxygen atoms in total. The molecule has 3 saturated heterocycles. The highest BCUT2D eigenvalue weighted by atomic mass is 35.5. The van der Waals surface area contributed by atoms with E-state index < -0.39 is 5.54 Å². The Hall–Kier alpha value is -2.16. The van der Waals surface area contributed by atoms with Crippen LogP contribution in [0.1, 0.15) is 18.4 Å². The third-order valence-electron chi connectivity index (χ3n) is 5.93. The van der Waals surface area contributed by atoms with E-state index in [0.717, 1.165) is 5.56 Å². The van der Waals surface area contributed by atoms with Crippen LogP contribution in [0.4, 0.5) is 4.79 Å². The van der Waals surface area contributed by atoms with Gasteiger partial charge in [-0.2, -0.15) is 0 Å². The summed E-state index contributed by atoms with van der Waals surface area (Å²) in [6, 6.07) is 6.76. The van der Waals surface area contributed by atoms with E-state index in [-0.39, 0.29) is 24.4 Å². The van der Waals surface area contributed by atoms with Gasteiger partial charge in [-0.1, -0.05) is 23.7 Å². The summed E-state index contributed by atoms with van der Waals surface area (Å²) in [7, 11) is 0. The van der Waals surface area contributed by atoms with Crippen molar-refractivity contribution in [3.63, 3.8) is 0 Å². The summed E-state index contributed by atoms with van der Waals surface area (Å²) >= 11 is 5.90. The van der Waals surface area contributed by atoms with Crippen LogP contribution in [-0.2, 0) is 20.9 Å². The van der Waals surface area contributed by atoms with E-state index in [1.54, 1.807) is 12.1 Å². The van der Waals surface area contributed by atoms with Crippen molar-refractivity contribution in [2.45, 2.75) is 24.9 Å². The SMILES string of the molecule is O=C(CN1CCC2(CC1)NC(=O)N(Cc1ccc(Cl)cc1)C2=O)N1CCOCC1. The number of amides is 4. The van der Waals surface area contributed by atoms with E-state index in [9.17, 15) is 14.4 Å². The minimum Gasteiger partial charge on any atom is -0.378 e. The van der Waals surface area contributed by atoms with Gasteiger partial charge in [0.2, 0.25) is 5.91 Å². The van der Waals surface area contributed by atoms with E-state index >= 15 is 0 Å². The van der Waals surface area contributed by atoms with Crippen molar-refractivity contribution < 1.29 is 19.1 Å². The van der Waals surface area contributed by atoms with Crippen LogP contribution in [0.2, 0.25) is 5.02 Å². The van der Waals surface area contributed by atoms with Crippen molar-refractivity contribution in [2.75, 3.05) is 45.9 Å². The zero-order chi connectivity index (χ0) is 20.4. The van der Waals surface area contributed by atoms with Gasteiger partial charge >= 0.3 is 6.03 Å². The number of nitrogens with zero attached hydrogens (tertiary/aromatic N) is 3. The standard InChI is InChI=1S/C20H25ClN4O4/c21-16-3-1-15(2-4-16)13-25-18(27)20(22-19(25)28)5-7-23(8-6-20)14-17(26)24-9-11-29-12-10-24/h1-4H,5-14H2,(H,22,28). The fourth-order valence-corrected chi connectivity index (χ4v) is 4.25. The summed E-state index contributed by atoms with van der Waals surface area (Å²) in [5, 5.41) is 3.52. The van der Waals surface area contributed by atoms with Crippen molar-refractivity contribution in [3.05, 3.63) is 34.9 Å². The number of hydrogen-bond acceptors (Lipinski definition) is 5. The second-order valence-electron chi connectivity index (χ2n) is 7.80. The van der Waals surface area contributed by atoms with Crippen LogP contribution in [0.3, 0.4) is 0 Å². The number of carbonyl (C=O) groups is 3. The number of rotatable bonds is 4. The summed E-state index contributed by atoms with van der Waals surface area (Å²) in [6.45, 7) is 4.18. The van der Waals surface area contributed by atoms with Gasteiger partial charge in [-0.15, -0.1) is 0 Å². The molecule has 156 valence electrons. The Labute approximate surface area is 174 Å². The van der Waals surface area contributed by atoms with Gasteiger partial charge in [0, 0.05) is 31.2 Å². The van der Waals surface area contributed by atoms with Crippen LogP contribution in [0.25, 0.3) is 0 Å². The summed E-state index contributed by atoms with van der Waals surface area (Å²) < 4.78 is 5.29. The van der Waals surface area contributed by atoms with Gasteiger partial charge < -0.3 is 15.0 Å². The van der Waals surface area contributed by atoms with Crippen LogP contribution < -0.4 is 5.32 Å². The molecule has 29 heavy (non-hydrogen) atoms. The number of morpholine rings is 1. The van der Waals surface area contributed by atoms with Gasteiger partial charge in [-0.05, 0) is 30.5 Å². The summed E-state index contributed by atoms with van der Waals surface area (Å²) in [5.74, 6) is -0.0907. The molecule has 1 aromatic rings. The molecule has 4 rings (SSSR count). The molecule has 3 heterocycles. The molecule has 1 aromatic carbocycles. The molecule has 0 radical (unpaired) electrons. The molecule has 4 amide bonds. The van der Waals surface area contributed by atoms with Crippen molar-refractivity contribution in [1.29, 1.82) is 0 Å². The molecule has 1 N–H and O–H groups in total. The first-order chi connectivity index (χ1) is 14.0. The molecule has 3 aliphatic rings. The number of halogens is 1. The molecular weight excluding hydrogens is 396 g/mol. The minimum absolute atomic E-state index is 0.0930. The number of piperidine rings is 1. The normalized spacial score (nSPS) is 22.2.